The van der Waals surface area contributed by atoms with Crippen molar-refractivity contribution in [2.24, 2.45) is 0 Å². The van der Waals surface area contributed by atoms with Crippen molar-refractivity contribution in [3.63, 3.8) is 0 Å². The molecule has 32 heavy (non-hydrogen) atoms. The SMILES string of the molecule is CCOc1ccc(N2C(=S)N[C@@H](c3ccccn3)[C@@H]2c2cccn2C2CCCCC2)cc1. The van der Waals surface area contributed by atoms with E-state index >= 15 is 0 Å². The molecule has 2 aromatic heterocycles. The highest BCUT2D eigenvalue weighted by Crippen LogP contribution is 2.43. The molecule has 1 aliphatic carbocycles. The van der Waals surface area contributed by atoms with E-state index in [0.717, 1.165) is 22.2 Å². The lowest BCUT2D eigenvalue weighted by Gasteiger charge is -2.32. The van der Waals surface area contributed by atoms with E-state index in [2.05, 4.69) is 56.3 Å². The summed E-state index contributed by atoms with van der Waals surface area (Å²) in [4.78, 5) is 6.94. The molecule has 1 saturated heterocycles. The monoisotopic (exact) mass is 446 g/mol. The van der Waals surface area contributed by atoms with Gasteiger partial charge in [-0.25, -0.2) is 0 Å². The zero-order chi connectivity index (χ0) is 21.9. The minimum absolute atomic E-state index is 0.0206. The fraction of sp³-hybridized carbons (Fsp3) is 0.385. The summed E-state index contributed by atoms with van der Waals surface area (Å²) in [6, 6.07) is 19.3. The number of hydrogen-bond donors (Lipinski definition) is 1. The Morgan fingerprint density at radius 3 is 2.56 bits per heavy atom. The number of benzene rings is 1. The molecule has 6 heteroatoms. The van der Waals surface area contributed by atoms with Gasteiger partial charge in [0, 0.05) is 29.8 Å². The summed E-state index contributed by atoms with van der Waals surface area (Å²) >= 11 is 5.88. The lowest BCUT2D eigenvalue weighted by Crippen LogP contribution is -2.31. The Balaban J connectivity index is 1.57. The van der Waals surface area contributed by atoms with E-state index in [1.165, 1.54) is 37.8 Å². The Kier molecular flexibility index (Phi) is 6.12. The molecule has 1 aromatic carbocycles. The normalized spacial score (nSPS) is 21.5. The second kappa shape index (κ2) is 9.33. The number of nitrogens with one attached hydrogen (secondary N) is 1. The number of aromatic nitrogens is 2. The molecule has 2 atom stereocenters. The fourth-order valence-electron chi connectivity index (χ4n) is 5.15. The van der Waals surface area contributed by atoms with Gasteiger partial charge in [0.05, 0.1) is 18.3 Å². The van der Waals surface area contributed by atoms with Crippen LogP contribution in [0, 0.1) is 0 Å². The Hall–Kier alpha value is -2.86. The van der Waals surface area contributed by atoms with Gasteiger partial charge < -0.3 is 19.5 Å². The van der Waals surface area contributed by atoms with Crippen molar-refractivity contribution in [1.29, 1.82) is 0 Å². The van der Waals surface area contributed by atoms with E-state index in [1.807, 2.05) is 37.4 Å². The number of thiocarbonyl (C=S) groups is 1. The molecule has 2 aliphatic rings. The number of pyridine rings is 1. The highest BCUT2D eigenvalue weighted by molar-refractivity contribution is 7.80. The molecule has 0 bridgehead atoms. The highest BCUT2D eigenvalue weighted by Gasteiger charge is 2.42. The summed E-state index contributed by atoms with van der Waals surface area (Å²) in [6.45, 7) is 2.66. The van der Waals surface area contributed by atoms with Crippen LogP contribution >= 0.6 is 12.2 Å². The molecule has 5 nitrogen and oxygen atoms in total. The number of ether oxygens (including phenoxy) is 1. The minimum atomic E-state index is -0.0208. The Morgan fingerprint density at radius 2 is 1.84 bits per heavy atom. The van der Waals surface area contributed by atoms with Gasteiger partial charge in [0.2, 0.25) is 0 Å². The van der Waals surface area contributed by atoms with Crippen molar-refractivity contribution < 1.29 is 4.74 Å². The third-order valence-corrected chi connectivity index (χ3v) is 6.92. The molecule has 1 aliphatic heterocycles. The van der Waals surface area contributed by atoms with E-state index in [9.17, 15) is 0 Å². The first-order chi connectivity index (χ1) is 15.8. The van der Waals surface area contributed by atoms with E-state index < -0.39 is 0 Å². The molecule has 0 radical (unpaired) electrons. The number of nitrogens with zero attached hydrogens (tertiary/aromatic N) is 3. The van der Waals surface area contributed by atoms with Gasteiger partial charge in [-0.15, -0.1) is 0 Å². The second-order valence-corrected chi connectivity index (χ2v) is 8.94. The quantitative estimate of drug-likeness (QED) is 0.473. The van der Waals surface area contributed by atoms with Crippen LogP contribution < -0.4 is 15.0 Å². The van der Waals surface area contributed by atoms with Crippen LogP contribution in [0.5, 0.6) is 5.75 Å². The van der Waals surface area contributed by atoms with Gasteiger partial charge in [-0.05, 0) is 80.5 Å². The first-order valence-corrected chi connectivity index (χ1v) is 12.1. The number of anilines is 1. The predicted octanol–water partition coefficient (Wildman–Crippen LogP) is 5.96. The van der Waals surface area contributed by atoms with Crippen LogP contribution in [0.1, 0.15) is 68.5 Å². The maximum atomic E-state index is 5.88. The van der Waals surface area contributed by atoms with Crippen molar-refractivity contribution in [1.82, 2.24) is 14.9 Å². The third kappa shape index (κ3) is 3.99. The summed E-state index contributed by atoms with van der Waals surface area (Å²) in [5.41, 5.74) is 3.35. The molecule has 1 N–H and O–H groups in total. The maximum Gasteiger partial charge on any atom is 0.174 e. The molecule has 2 fully saturated rings. The van der Waals surface area contributed by atoms with Crippen molar-refractivity contribution in [2.45, 2.75) is 57.2 Å². The topological polar surface area (TPSA) is 42.3 Å². The van der Waals surface area contributed by atoms with E-state index in [4.69, 9.17) is 17.0 Å². The van der Waals surface area contributed by atoms with E-state index in [-0.39, 0.29) is 12.1 Å². The molecular formula is C26H30N4OS. The summed E-state index contributed by atoms with van der Waals surface area (Å²) in [5.74, 6) is 0.873. The van der Waals surface area contributed by atoms with Crippen LogP contribution in [0.15, 0.2) is 67.0 Å². The molecule has 3 aromatic rings. The standard InChI is InChI=1S/C26H30N4OS/c1-2-31-21-15-13-20(14-16-21)30-25(24(28-26(30)32)22-11-6-7-17-27-22)23-12-8-18-29(23)19-9-4-3-5-10-19/h6-8,11-19,24-25H,2-5,9-10H2,1H3,(H,28,32)/t24-,25-/m0/s1. The van der Waals surface area contributed by atoms with Gasteiger partial charge in [-0.1, -0.05) is 25.3 Å². The maximum absolute atomic E-state index is 5.88. The van der Waals surface area contributed by atoms with Crippen LogP contribution in [0.2, 0.25) is 0 Å². The fourth-order valence-corrected chi connectivity index (χ4v) is 5.50. The van der Waals surface area contributed by atoms with Crippen molar-refractivity contribution in [3.05, 3.63) is 78.4 Å². The predicted molar refractivity (Wildman–Crippen MR) is 132 cm³/mol. The molecule has 0 amide bonds. The highest BCUT2D eigenvalue weighted by atomic mass is 32.1. The first kappa shape index (κ1) is 21.0. The van der Waals surface area contributed by atoms with Crippen LogP contribution in [0.3, 0.4) is 0 Å². The molecular weight excluding hydrogens is 416 g/mol. The Labute approximate surface area is 195 Å². The lowest BCUT2D eigenvalue weighted by atomic mass is 9.94. The number of rotatable bonds is 6. The average Bonchev–Trinajstić information content (AvgIpc) is 3.45. The summed E-state index contributed by atoms with van der Waals surface area (Å²) in [7, 11) is 0. The smallest absolute Gasteiger partial charge is 0.174 e. The van der Waals surface area contributed by atoms with Gasteiger partial charge in [0.25, 0.3) is 0 Å². The van der Waals surface area contributed by atoms with E-state index in [1.54, 1.807) is 0 Å². The summed E-state index contributed by atoms with van der Waals surface area (Å²) < 4.78 is 8.15. The van der Waals surface area contributed by atoms with Crippen LogP contribution in [0.4, 0.5) is 5.69 Å². The van der Waals surface area contributed by atoms with Crippen LogP contribution in [0.25, 0.3) is 0 Å². The molecule has 3 heterocycles. The third-order valence-electron chi connectivity index (χ3n) is 6.61. The lowest BCUT2D eigenvalue weighted by molar-refractivity contribution is 0.339. The van der Waals surface area contributed by atoms with Gasteiger partial charge >= 0.3 is 0 Å². The van der Waals surface area contributed by atoms with Crippen molar-refractivity contribution >= 4 is 23.0 Å². The van der Waals surface area contributed by atoms with Gasteiger partial charge in [-0.3, -0.25) is 4.98 Å². The Bertz CT molecular complexity index is 1040. The molecule has 166 valence electrons. The minimum Gasteiger partial charge on any atom is -0.494 e. The average molecular weight is 447 g/mol. The summed E-state index contributed by atoms with van der Waals surface area (Å²) in [6.07, 6.45) is 10.5. The summed E-state index contributed by atoms with van der Waals surface area (Å²) in [5, 5.41) is 4.31. The Morgan fingerprint density at radius 1 is 1.03 bits per heavy atom. The largest absolute Gasteiger partial charge is 0.494 e. The van der Waals surface area contributed by atoms with Crippen molar-refractivity contribution in [3.8, 4) is 5.75 Å². The van der Waals surface area contributed by atoms with E-state index in [0.29, 0.717) is 12.6 Å². The van der Waals surface area contributed by atoms with Crippen molar-refractivity contribution in [2.75, 3.05) is 11.5 Å². The van der Waals surface area contributed by atoms with Crippen LogP contribution in [-0.4, -0.2) is 21.3 Å². The van der Waals surface area contributed by atoms with Gasteiger partial charge in [0.15, 0.2) is 5.11 Å². The molecule has 1 saturated carbocycles. The molecule has 0 unspecified atom stereocenters. The van der Waals surface area contributed by atoms with Gasteiger partial charge in [-0.2, -0.15) is 0 Å². The zero-order valence-corrected chi connectivity index (χ0v) is 19.3. The first-order valence-electron chi connectivity index (χ1n) is 11.7. The van der Waals surface area contributed by atoms with Crippen LogP contribution in [-0.2, 0) is 0 Å². The van der Waals surface area contributed by atoms with Gasteiger partial charge in [0.1, 0.15) is 11.8 Å². The second-order valence-electron chi connectivity index (χ2n) is 8.56. The number of hydrogen-bond acceptors (Lipinski definition) is 3. The molecule has 0 spiro atoms. The molecule has 5 rings (SSSR count). The zero-order valence-electron chi connectivity index (χ0n) is 18.5.